The molecule has 1 aliphatic carbocycles. The molecule has 7 nitrogen and oxygen atoms in total. The van der Waals surface area contributed by atoms with E-state index in [1.165, 1.54) is 0 Å². The normalized spacial score (nSPS) is 31.1. The Morgan fingerprint density at radius 1 is 1.21 bits per heavy atom. The molecule has 0 radical (unpaired) electrons. The van der Waals surface area contributed by atoms with Crippen molar-refractivity contribution in [3.8, 4) is 0 Å². The number of carbonyl (C=O) groups excluding carboxylic acids is 1. The molecular weight excluding hydrogens is 391 g/mol. The van der Waals surface area contributed by atoms with Crippen LogP contribution in [0, 0.1) is 11.8 Å². The molecule has 2 heterocycles. The summed E-state index contributed by atoms with van der Waals surface area (Å²) in [6.45, 7) is 8.12. The minimum atomic E-state index is -5.08. The summed E-state index contributed by atoms with van der Waals surface area (Å²) in [4.78, 5) is 28.8. The van der Waals surface area contributed by atoms with Crippen molar-refractivity contribution in [2.75, 3.05) is 20.1 Å². The molecule has 0 spiro atoms. The molecule has 0 bridgehead atoms. The van der Waals surface area contributed by atoms with Crippen molar-refractivity contribution in [2.45, 2.75) is 70.4 Å². The SMILES string of the molecule is CC1OC(C)C(C(=O)NC2(C3=NCCCN3C)CCC2)C1C.O=C(O)C(F)(F)F. The largest absolute Gasteiger partial charge is 0.490 e. The summed E-state index contributed by atoms with van der Waals surface area (Å²) in [5.74, 6) is -1.32. The molecule has 2 N–H and O–H groups in total. The predicted octanol–water partition coefficient (Wildman–Crippen LogP) is 2.45. The number of halogens is 3. The number of hydrogen-bond donors (Lipinski definition) is 2. The van der Waals surface area contributed by atoms with Crippen molar-refractivity contribution in [1.29, 1.82) is 0 Å². The summed E-state index contributed by atoms with van der Waals surface area (Å²) in [6, 6.07) is 0. The van der Waals surface area contributed by atoms with Crippen molar-refractivity contribution in [2.24, 2.45) is 16.8 Å². The maximum Gasteiger partial charge on any atom is 0.490 e. The van der Waals surface area contributed by atoms with Gasteiger partial charge in [0.1, 0.15) is 5.84 Å². The molecule has 10 heteroatoms. The van der Waals surface area contributed by atoms with Crippen molar-refractivity contribution < 1.29 is 32.6 Å². The van der Waals surface area contributed by atoms with E-state index in [1.54, 1.807) is 0 Å². The van der Waals surface area contributed by atoms with E-state index in [4.69, 9.17) is 19.6 Å². The number of carboxylic acids is 1. The Labute approximate surface area is 168 Å². The Hall–Kier alpha value is -1.84. The molecule has 3 rings (SSSR count). The van der Waals surface area contributed by atoms with Crippen LogP contribution < -0.4 is 5.32 Å². The van der Waals surface area contributed by atoms with Crippen LogP contribution in [-0.2, 0) is 14.3 Å². The van der Waals surface area contributed by atoms with Crippen LogP contribution in [-0.4, -0.2) is 71.8 Å². The molecule has 2 aliphatic heterocycles. The first-order valence-electron chi connectivity index (χ1n) is 9.92. The fourth-order valence-corrected chi connectivity index (χ4v) is 4.21. The number of aliphatic imine (C=N–C) groups is 1. The minimum Gasteiger partial charge on any atom is -0.475 e. The summed E-state index contributed by atoms with van der Waals surface area (Å²) in [5.41, 5.74) is -0.225. The van der Waals surface area contributed by atoms with E-state index in [9.17, 15) is 18.0 Å². The lowest BCUT2D eigenvalue weighted by molar-refractivity contribution is -0.192. The number of likely N-dealkylation sites (N-methyl/N-ethyl adjacent to an activating group) is 1. The zero-order valence-corrected chi connectivity index (χ0v) is 17.3. The van der Waals surface area contributed by atoms with Crippen LogP contribution in [0.5, 0.6) is 0 Å². The highest BCUT2D eigenvalue weighted by Crippen LogP contribution is 2.38. The molecule has 1 saturated heterocycles. The Kier molecular flexibility index (Phi) is 7.19. The maximum atomic E-state index is 12.9. The first kappa shape index (κ1) is 23.4. The van der Waals surface area contributed by atoms with E-state index in [0.717, 1.165) is 44.6 Å². The molecule has 1 amide bonds. The zero-order chi connectivity index (χ0) is 22.0. The lowest BCUT2D eigenvalue weighted by atomic mass is 9.74. The average Bonchev–Trinajstić information content (AvgIpc) is 2.84. The van der Waals surface area contributed by atoms with E-state index in [2.05, 4.69) is 31.1 Å². The summed E-state index contributed by atoms with van der Waals surface area (Å²) >= 11 is 0. The van der Waals surface area contributed by atoms with E-state index in [-0.39, 0.29) is 35.5 Å². The smallest absolute Gasteiger partial charge is 0.475 e. The number of carbonyl (C=O) groups is 2. The van der Waals surface area contributed by atoms with Crippen molar-refractivity contribution in [3.05, 3.63) is 0 Å². The maximum absolute atomic E-state index is 12.9. The Bertz CT molecular complexity index is 649. The van der Waals surface area contributed by atoms with Crippen LogP contribution >= 0.6 is 0 Å². The monoisotopic (exact) mass is 421 g/mol. The van der Waals surface area contributed by atoms with E-state index in [0.29, 0.717) is 0 Å². The second-order valence-electron chi connectivity index (χ2n) is 8.14. The van der Waals surface area contributed by atoms with E-state index in [1.807, 2.05) is 6.92 Å². The molecule has 4 atom stereocenters. The summed E-state index contributed by atoms with van der Waals surface area (Å²) in [7, 11) is 2.09. The third-order valence-corrected chi connectivity index (χ3v) is 6.06. The fourth-order valence-electron chi connectivity index (χ4n) is 4.21. The number of nitrogens with zero attached hydrogens (tertiary/aromatic N) is 2. The molecule has 1 saturated carbocycles. The number of hydrogen-bond acceptors (Lipinski definition) is 5. The molecule has 0 aromatic carbocycles. The second kappa shape index (κ2) is 8.89. The average molecular weight is 421 g/mol. The van der Waals surface area contributed by atoms with Gasteiger partial charge in [-0.3, -0.25) is 9.79 Å². The molecule has 4 unspecified atom stereocenters. The van der Waals surface area contributed by atoms with Gasteiger partial charge < -0.3 is 20.1 Å². The molecule has 3 aliphatic rings. The van der Waals surface area contributed by atoms with Crippen LogP contribution in [0.15, 0.2) is 4.99 Å². The Morgan fingerprint density at radius 2 is 1.79 bits per heavy atom. The predicted molar refractivity (Wildman–Crippen MR) is 101 cm³/mol. The van der Waals surface area contributed by atoms with Gasteiger partial charge >= 0.3 is 12.1 Å². The lowest BCUT2D eigenvalue weighted by Crippen LogP contribution is -2.65. The number of aliphatic carboxylic acids is 1. The topological polar surface area (TPSA) is 91.2 Å². The lowest BCUT2D eigenvalue weighted by Gasteiger charge is -2.47. The first-order chi connectivity index (χ1) is 13.4. The quantitative estimate of drug-likeness (QED) is 0.731. The van der Waals surface area contributed by atoms with Gasteiger partial charge in [-0.1, -0.05) is 6.92 Å². The van der Waals surface area contributed by atoms with E-state index >= 15 is 0 Å². The molecule has 29 heavy (non-hydrogen) atoms. The van der Waals surface area contributed by atoms with Gasteiger partial charge in [0.15, 0.2) is 0 Å². The van der Waals surface area contributed by atoms with Gasteiger partial charge in [0, 0.05) is 20.1 Å². The van der Waals surface area contributed by atoms with Gasteiger partial charge in [-0.2, -0.15) is 13.2 Å². The van der Waals surface area contributed by atoms with Gasteiger partial charge in [-0.05, 0) is 45.4 Å². The van der Waals surface area contributed by atoms with Crippen LogP contribution in [0.4, 0.5) is 13.2 Å². The second-order valence-corrected chi connectivity index (χ2v) is 8.14. The van der Waals surface area contributed by atoms with Gasteiger partial charge in [0.05, 0.1) is 23.7 Å². The summed E-state index contributed by atoms with van der Waals surface area (Å²) in [5, 5.41) is 10.5. The summed E-state index contributed by atoms with van der Waals surface area (Å²) in [6.07, 6.45) is -0.658. The van der Waals surface area contributed by atoms with Crippen molar-refractivity contribution >= 4 is 17.7 Å². The van der Waals surface area contributed by atoms with Gasteiger partial charge in [0.2, 0.25) is 5.91 Å². The number of amides is 1. The number of carboxylic acid groups (broad SMARTS) is 1. The number of ether oxygens (including phenoxy) is 1. The van der Waals surface area contributed by atoms with Gasteiger partial charge in [-0.15, -0.1) is 0 Å². The fraction of sp³-hybridized carbons (Fsp3) is 0.842. The van der Waals surface area contributed by atoms with Gasteiger partial charge in [0.25, 0.3) is 0 Å². The minimum absolute atomic E-state index is 0.00634. The molecule has 0 aromatic heterocycles. The highest BCUT2D eigenvalue weighted by molar-refractivity contribution is 5.97. The number of rotatable bonds is 3. The standard InChI is InChI=1S/C17H29N3O2.C2HF3O2/c1-11-12(2)22-13(3)14(11)15(21)19-17(7-5-8-17)16-18-9-6-10-20(16)4;3-2(4,5)1(6)7/h11-14H,5-10H2,1-4H3,(H,19,21);(H,6,7). The number of amidine groups is 1. The zero-order valence-electron chi connectivity index (χ0n) is 17.3. The highest BCUT2D eigenvalue weighted by Gasteiger charge is 2.49. The Morgan fingerprint density at radius 3 is 2.17 bits per heavy atom. The third kappa shape index (κ3) is 5.21. The molecular formula is C19H30F3N3O4. The van der Waals surface area contributed by atoms with Crippen LogP contribution in [0.2, 0.25) is 0 Å². The number of alkyl halides is 3. The van der Waals surface area contributed by atoms with Crippen molar-refractivity contribution in [1.82, 2.24) is 10.2 Å². The van der Waals surface area contributed by atoms with Crippen molar-refractivity contribution in [3.63, 3.8) is 0 Å². The Balaban J connectivity index is 0.000000370. The molecule has 2 fully saturated rings. The van der Waals surface area contributed by atoms with E-state index < -0.39 is 12.1 Å². The third-order valence-electron chi connectivity index (χ3n) is 6.06. The molecule has 166 valence electrons. The number of nitrogens with one attached hydrogen (secondary N) is 1. The van der Waals surface area contributed by atoms with Crippen LogP contribution in [0.25, 0.3) is 0 Å². The van der Waals surface area contributed by atoms with Crippen LogP contribution in [0.3, 0.4) is 0 Å². The van der Waals surface area contributed by atoms with Crippen LogP contribution in [0.1, 0.15) is 46.5 Å². The first-order valence-corrected chi connectivity index (χ1v) is 9.92. The summed E-state index contributed by atoms with van der Waals surface area (Å²) < 4.78 is 37.6. The van der Waals surface area contributed by atoms with Gasteiger partial charge in [-0.25, -0.2) is 4.79 Å². The highest BCUT2D eigenvalue weighted by atomic mass is 19.4. The molecule has 0 aromatic rings.